The van der Waals surface area contributed by atoms with Crippen molar-refractivity contribution in [2.24, 2.45) is 0 Å². The highest BCUT2D eigenvalue weighted by molar-refractivity contribution is 5.92. The third-order valence-corrected chi connectivity index (χ3v) is 2.31. The molecule has 0 atom stereocenters. The molecule has 0 aromatic carbocycles. The van der Waals surface area contributed by atoms with E-state index in [0.29, 0.717) is 34.4 Å². The van der Waals surface area contributed by atoms with Gasteiger partial charge in [-0.15, -0.1) is 0 Å². The van der Waals surface area contributed by atoms with E-state index in [1.54, 1.807) is 18.9 Å². The fourth-order valence-electron chi connectivity index (χ4n) is 1.52. The van der Waals surface area contributed by atoms with Crippen LogP contribution >= 0.6 is 0 Å². The van der Waals surface area contributed by atoms with Gasteiger partial charge < -0.3 is 16.0 Å². The molecule has 0 aliphatic carbocycles. The Bertz CT molecular complexity index is 564. The van der Waals surface area contributed by atoms with Crippen molar-refractivity contribution in [3.05, 3.63) is 5.82 Å². The molecule has 0 aliphatic rings. The highest BCUT2D eigenvalue weighted by Gasteiger charge is 2.13. The van der Waals surface area contributed by atoms with E-state index in [2.05, 4.69) is 25.3 Å². The van der Waals surface area contributed by atoms with Crippen LogP contribution in [0.25, 0.3) is 11.0 Å². The summed E-state index contributed by atoms with van der Waals surface area (Å²) in [6.45, 7) is 1.79. The number of aromatic nitrogens is 4. The molecule has 0 spiro atoms. The number of anilines is 3. The number of nitrogens with two attached hydrogens (primary N) is 1. The fraction of sp³-hybridized carbons (Fsp3) is 0.400. The predicted molar refractivity (Wildman–Crippen MR) is 68.2 cm³/mol. The number of hydrogen-bond acceptors (Lipinski definition) is 7. The van der Waals surface area contributed by atoms with Gasteiger partial charge in [-0.2, -0.15) is 4.98 Å². The summed E-state index contributed by atoms with van der Waals surface area (Å²) in [6, 6.07) is 0. The monoisotopic (exact) mass is 233 g/mol. The van der Waals surface area contributed by atoms with Crippen LogP contribution in [0.3, 0.4) is 0 Å². The third-order valence-electron chi connectivity index (χ3n) is 2.31. The van der Waals surface area contributed by atoms with Crippen molar-refractivity contribution >= 4 is 28.6 Å². The standard InChI is InChI=1S/C10H15N7/c1-5-13-7-6(8(11)14-5)15-10(17(3)4)16-9(7)12-2/h1-4H3,(H2,11,13,14)(H,12,15,16). The molecule has 0 saturated carbocycles. The van der Waals surface area contributed by atoms with Crippen LogP contribution in [0.15, 0.2) is 0 Å². The quantitative estimate of drug-likeness (QED) is 0.776. The summed E-state index contributed by atoms with van der Waals surface area (Å²) >= 11 is 0. The van der Waals surface area contributed by atoms with Crippen molar-refractivity contribution in [1.29, 1.82) is 0 Å². The van der Waals surface area contributed by atoms with E-state index < -0.39 is 0 Å². The molecule has 2 heterocycles. The zero-order chi connectivity index (χ0) is 12.6. The normalized spacial score (nSPS) is 10.6. The minimum Gasteiger partial charge on any atom is -0.382 e. The number of nitrogen functional groups attached to an aromatic ring is 1. The number of aryl methyl sites for hydroxylation is 1. The highest BCUT2D eigenvalue weighted by atomic mass is 15.2. The van der Waals surface area contributed by atoms with Gasteiger partial charge in [0.25, 0.3) is 0 Å². The molecule has 7 heteroatoms. The highest BCUT2D eigenvalue weighted by Crippen LogP contribution is 2.23. The molecule has 17 heavy (non-hydrogen) atoms. The zero-order valence-electron chi connectivity index (χ0n) is 10.3. The van der Waals surface area contributed by atoms with Gasteiger partial charge in [-0.05, 0) is 6.92 Å². The Labute approximate surface area is 99.1 Å². The van der Waals surface area contributed by atoms with Crippen molar-refractivity contribution in [2.45, 2.75) is 6.92 Å². The second-order valence-electron chi connectivity index (χ2n) is 3.87. The van der Waals surface area contributed by atoms with Crippen LogP contribution in [0.5, 0.6) is 0 Å². The largest absolute Gasteiger partial charge is 0.382 e. The van der Waals surface area contributed by atoms with Gasteiger partial charge in [0, 0.05) is 21.1 Å². The Kier molecular flexibility index (Phi) is 2.66. The smallest absolute Gasteiger partial charge is 0.227 e. The second kappa shape index (κ2) is 4.00. The average molecular weight is 233 g/mol. The van der Waals surface area contributed by atoms with Crippen molar-refractivity contribution in [1.82, 2.24) is 19.9 Å². The van der Waals surface area contributed by atoms with Crippen molar-refractivity contribution < 1.29 is 0 Å². The molecule has 0 fully saturated rings. The van der Waals surface area contributed by atoms with Gasteiger partial charge in [-0.3, -0.25) is 0 Å². The van der Waals surface area contributed by atoms with Crippen LogP contribution in [-0.4, -0.2) is 41.1 Å². The fourth-order valence-corrected chi connectivity index (χ4v) is 1.52. The number of hydrogen-bond donors (Lipinski definition) is 2. The summed E-state index contributed by atoms with van der Waals surface area (Å²) in [4.78, 5) is 18.9. The molecule has 2 rings (SSSR count). The molecule has 0 radical (unpaired) electrons. The van der Waals surface area contributed by atoms with Crippen LogP contribution in [0, 0.1) is 6.92 Å². The molecule has 0 bridgehead atoms. The summed E-state index contributed by atoms with van der Waals surface area (Å²) in [5, 5.41) is 3.00. The summed E-state index contributed by atoms with van der Waals surface area (Å²) in [5.74, 6) is 2.19. The van der Waals surface area contributed by atoms with E-state index in [9.17, 15) is 0 Å². The van der Waals surface area contributed by atoms with Crippen LogP contribution < -0.4 is 16.0 Å². The second-order valence-corrected chi connectivity index (χ2v) is 3.87. The number of rotatable bonds is 2. The summed E-state index contributed by atoms with van der Waals surface area (Å²) < 4.78 is 0. The average Bonchev–Trinajstić information content (AvgIpc) is 2.27. The van der Waals surface area contributed by atoms with E-state index in [4.69, 9.17) is 5.73 Å². The number of nitrogens with zero attached hydrogens (tertiary/aromatic N) is 5. The van der Waals surface area contributed by atoms with E-state index in [1.807, 2.05) is 14.1 Å². The first-order valence-electron chi connectivity index (χ1n) is 5.20. The first-order valence-corrected chi connectivity index (χ1v) is 5.20. The van der Waals surface area contributed by atoms with Crippen LogP contribution in [0.4, 0.5) is 17.6 Å². The molecule has 2 aromatic heterocycles. The topological polar surface area (TPSA) is 92.9 Å². The Morgan fingerprint density at radius 2 is 1.76 bits per heavy atom. The van der Waals surface area contributed by atoms with Crippen molar-refractivity contribution in [3.63, 3.8) is 0 Å². The van der Waals surface area contributed by atoms with Crippen molar-refractivity contribution in [2.75, 3.05) is 37.1 Å². The lowest BCUT2D eigenvalue weighted by molar-refractivity contribution is 1.00. The lowest BCUT2D eigenvalue weighted by atomic mass is 10.3. The molecular weight excluding hydrogens is 218 g/mol. The van der Waals surface area contributed by atoms with Gasteiger partial charge in [0.1, 0.15) is 16.9 Å². The van der Waals surface area contributed by atoms with Gasteiger partial charge in [0.2, 0.25) is 5.95 Å². The maximum atomic E-state index is 5.86. The van der Waals surface area contributed by atoms with E-state index in [0.717, 1.165) is 0 Å². The molecule has 3 N–H and O–H groups in total. The lowest BCUT2D eigenvalue weighted by Gasteiger charge is -2.13. The maximum Gasteiger partial charge on any atom is 0.227 e. The predicted octanol–water partition coefficient (Wildman–Crippen LogP) is 0.418. The van der Waals surface area contributed by atoms with Gasteiger partial charge in [-0.1, -0.05) is 0 Å². The lowest BCUT2D eigenvalue weighted by Crippen LogP contribution is -2.15. The van der Waals surface area contributed by atoms with Crippen molar-refractivity contribution in [3.8, 4) is 0 Å². The number of fused-ring (bicyclic) bond motifs is 1. The molecule has 7 nitrogen and oxygen atoms in total. The molecular formula is C10H15N7. The first-order chi connectivity index (χ1) is 8.02. The molecule has 0 saturated heterocycles. The van der Waals surface area contributed by atoms with Crippen LogP contribution in [-0.2, 0) is 0 Å². The molecule has 2 aromatic rings. The van der Waals surface area contributed by atoms with Gasteiger partial charge >= 0.3 is 0 Å². The SMILES string of the molecule is CNc1nc(N(C)C)nc2c(N)nc(C)nc12. The van der Waals surface area contributed by atoms with Crippen LogP contribution in [0.1, 0.15) is 5.82 Å². The van der Waals surface area contributed by atoms with E-state index in [-0.39, 0.29) is 0 Å². The Morgan fingerprint density at radius 3 is 2.35 bits per heavy atom. The van der Waals surface area contributed by atoms with Gasteiger partial charge in [0.05, 0.1) is 0 Å². The Morgan fingerprint density at radius 1 is 1.06 bits per heavy atom. The van der Waals surface area contributed by atoms with E-state index >= 15 is 0 Å². The molecule has 0 unspecified atom stereocenters. The molecule has 90 valence electrons. The number of nitrogens with one attached hydrogen (secondary N) is 1. The molecule has 0 aliphatic heterocycles. The minimum absolute atomic E-state index is 0.370. The Balaban J connectivity index is 2.82. The minimum atomic E-state index is 0.370. The zero-order valence-corrected chi connectivity index (χ0v) is 10.3. The van der Waals surface area contributed by atoms with Crippen LogP contribution in [0.2, 0.25) is 0 Å². The Hall–Kier alpha value is -2.18. The molecule has 0 amide bonds. The maximum absolute atomic E-state index is 5.86. The first kappa shape index (κ1) is 11.3. The summed E-state index contributed by atoms with van der Waals surface area (Å²) in [5.41, 5.74) is 7.07. The van der Waals surface area contributed by atoms with Gasteiger partial charge in [-0.25, -0.2) is 15.0 Å². The third kappa shape index (κ3) is 1.91. The summed E-state index contributed by atoms with van der Waals surface area (Å²) in [7, 11) is 5.52. The summed E-state index contributed by atoms with van der Waals surface area (Å²) in [6.07, 6.45) is 0. The van der Waals surface area contributed by atoms with Gasteiger partial charge in [0.15, 0.2) is 11.6 Å². The van der Waals surface area contributed by atoms with E-state index in [1.165, 1.54) is 0 Å².